The molecule has 194 valence electrons. The molecule has 0 aliphatic carbocycles. The Kier molecular flexibility index (Phi) is 7.67. The molecule has 0 saturated carbocycles. The molecule has 5 rings (SSSR count). The number of anilines is 2. The van der Waals surface area contributed by atoms with Crippen molar-refractivity contribution in [3.8, 4) is 5.69 Å². The SMILES string of the molecule is COCC(=O)Nc1ccc(N2C(=S)NC(c3ccccn3)C2c2cccn2-c2ccc(Cl)c(C)c2)cc1Cl. The molecule has 1 fully saturated rings. The minimum absolute atomic E-state index is 0.0623. The van der Waals surface area contributed by atoms with E-state index in [1.807, 2.05) is 60.5 Å². The molecule has 3 heterocycles. The Morgan fingerprint density at radius 2 is 1.89 bits per heavy atom. The highest BCUT2D eigenvalue weighted by molar-refractivity contribution is 7.80. The number of hydrogen-bond acceptors (Lipinski definition) is 4. The Morgan fingerprint density at radius 1 is 1.08 bits per heavy atom. The number of thiocarbonyl (C=S) groups is 1. The number of rotatable bonds is 7. The molecule has 2 aromatic heterocycles. The third-order valence-corrected chi connectivity index (χ3v) is 7.43. The number of methoxy groups -OCH3 is 1. The lowest BCUT2D eigenvalue weighted by Gasteiger charge is -2.29. The summed E-state index contributed by atoms with van der Waals surface area (Å²) in [6, 6.07) is 20.8. The number of hydrogen-bond donors (Lipinski definition) is 2. The van der Waals surface area contributed by atoms with Crippen LogP contribution < -0.4 is 15.5 Å². The zero-order valence-corrected chi connectivity index (χ0v) is 23.0. The van der Waals surface area contributed by atoms with E-state index in [4.69, 9.17) is 40.2 Å². The molecule has 2 N–H and O–H groups in total. The van der Waals surface area contributed by atoms with Crippen molar-refractivity contribution in [1.82, 2.24) is 14.9 Å². The summed E-state index contributed by atoms with van der Waals surface area (Å²) in [5, 5.41) is 7.88. The number of ether oxygens (including phenoxy) is 1. The summed E-state index contributed by atoms with van der Waals surface area (Å²) < 4.78 is 7.03. The molecule has 4 aromatic rings. The standard InChI is InChI=1S/C28H25Cl2N5O2S/c1-17-14-18(8-10-20(17)29)34-13-5-7-24(34)27-26(23-6-3-4-12-31-23)33-28(38)35(27)19-9-11-22(21(30)15-19)32-25(36)16-37-2/h3-15,26-27H,16H2,1-2H3,(H,32,36)(H,33,38). The van der Waals surface area contributed by atoms with Gasteiger partial charge in [0.15, 0.2) is 5.11 Å². The zero-order valence-electron chi connectivity index (χ0n) is 20.7. The van der Waals surface area contributed by atoms with Gasteiger partial charge in [0, 0.05) is 41.6 Å². The molecular formula is C28H25Cl2N5O2S. The Bertz CT molecular complexity index is 1490. The number of nitrogens with zero attached hydrogens (tertiary/aromatic N) is 3. The third-order valence-electron chi connectivity index (χ3n) is 6.38. The van der Waals surface area contributed by atoms with Crippen molar-refractivity contribution in [2.45, 2.75) is 19.0 Å². The van der Waals surface area contributed by atoms with E-state index in [1.54, 1.807) is 18.3 Å². The molecule has 0 spiro atoms. The lowest BCUT2D eigenvalue weighted by atomic mass is 10.0. The normalized spacial score (nSPS) is 16.9. The Hall–Kier alpha value is -3.43. The molecule has 1 aliphatic heterocycles. The zero-order chi connectivity index (χ0) is 26.8. The predicted molar refractivity (Wildman–Crippen MR) is 155 cm³/mol. The van der Waals surface area contributed by atoms with Crippen molar-refractivity contribution in [1.29, 1.82) is 0 Å². The van der Waals surface area contributed by atoms with E-state index in [2.05, 4.69) is 32.3 Å². The van der Waals surface area contributed by atoms with Crippen LogP contribution in [0, 0.1) is 6.92 Å². The van der Waals surface area contributed by atoms with Gasteiger partial charge < -0.3 is 24.8 Å². The monoisotopic (exact) mass is 565 g/mol. The van der Waals surface area contributed by atoms with Crippen molar-refractivity contribution < 1.29 is 9.53 Å². The summed E-state index contributed by atoms with van der Waals surface area (Å²) in [6.45, 7) is 1.92. The summed E-state index contributed by atoms with van der Waals surface area (Å²) in [7, 11) is 1.46. The number of aromatic nitrogens is 2. The number of nitrogens with one attached hydrogen (secondary N) is 2. The van der Waals surface area contributed by atoms with E-state index in [0.717, 1.165) is 28.3 Å². The quantitative estimate of drug-likeness (QED) is 0.258. The first-order valence-corrected chi connectivity index (χ1v) is 13.1. The molecule has 1 aliphatic rings. The third kappa shape index (κ3) is 5.13. The van der Waals surface area contributed by atoms with Gasteiger partial charge in [0.05, 0.1) is 22.4 Å². The maximum atomic E-state index is 12.0. The van der Waals surface area contributed by atoms with E-state index in [1.165, 1.54) is 7.11 Å². The smallest absolute Gasteiger partial charge is 0.250 e. The van der Waals surface area contributed by atoms with E-state index in [0.29, 0.717) is 20.8 Å². The number of carbonyl (C=O) groups excluding carboxylic acids is 1. The first-order valence-electron chi connectivity index (χ1n) is 11.9. The number of benzene rings is 2. The summed E-state index contributed by atoms with van der Waals surface area (Å²) in [6.07, 6.45) is 3.80. The molecule has 38 heavy (non-hydrogen) atoms. The molecule has 10 heteroatoms. The Morgan fingerprint density at radius 3 is 2.61 bits per heavy atom. The minimum Gasteiger partial charge on any atom is -0.375 e. The fourth-order valence-electron chi connectivity index (χ4n) is 4.66. The first-order chi connectivity index (χ1) is 18.4. The topological polar surface area (TPSA) is 71.4 Å². The van der Waals surface area contributed by atoms with Crippen LogP contribution >= 0.6 is 35.4 Å². The van der Waals surface area contributed by atoms with E-state index in [9.17, 15) is 4.79 Å². The maximum Gasteiger partial charge on any atom is 0.250 e. The van der Waals surface area contributed by atoms with Gasteiger partial charge in [0.25, 0.3) is 0 Å². The number of carbonyl (C=O) groups is 1. The van der Waals surface area contributed by atoms with Gasteiger partial charge in [-0.25, -0.2) is 0 Å². The van der Waals surface area contributed by atoms with Crippen LogP contribution in [0.5, 0.6) is 0 Å². The molecule has 2 aromatic carbocycles. The second kappa shape index (κ2) is 11.1. The summed E-state index contributed by atoms with van der Waals surface area (Å²) >= 11 is 18.8. The molecule has 7 nitrogen and oxygen atoms in total. The molecule has 1 amide bonds. The van der Waals surface area contributed by atoms with Crippen molar-refractivity contribution in [3.05, 3.63) is 106 Å². The predicted octanol–water partition coefficient (Wildman–Crippen LogP) is 6.25. The van der Waals surface area contributed by atoms with Crippen LogP contribution in [0.2, 0.25) is 10.0 Å². The molecule has 1 saturated heterocycles. The van der Waals surface area contributed by atoms with Gasteiger partial charge in [0.1, 0.15) is 12.6 Å². The van der Waals surface area contributed by atoms with Gasteiger partial charge in [-0.1, -0.05) is 29.3 Å². The lowest BCUT2D eigenvalue weighted by molar-refractivity contribution is -0.119. The summed E-state index contributed by atoms with van der Waals surface area (Å²) in [5.74, 6) is -0.287. The van der Waals surface area contributed by atoms with E-state index >= 15 is 0 Å². The van der Waals surface area contributed by atoms with Gasteiger partial charge in [-0.2, -0.15) is 0 Å². The average molecular weight is 567 g/mol. The summed E-state index contributed by atoms with van der Waals surface area (Å²) in [4.78, 5) is 18.7. The highest BCUT2D eigenvalue weighted by Gasteiger charge is 2.42. The number of aryl methyl sites for hydroxylation is 1. The highest BCUT2D eigenvalue weighted by Crippen LogP contribution is 2.43. The second-order valence-electron chi connectivity index (χ2n) is 8.88. The van der Waals surface area contributed by atoms with Crippen molar-refractivity contribution in [2.24, 2.45) is 0 Å². The Balaban J connectivity index is 1.59. The van der Waals surface area contributed by atoms with Crippen LogP contribution in [-0.2, 0) is 9.53 Å². The van der Waals surface area contributed by atoms with Crippen molar-refractivity contribution in [3.63, 3.8) is 0 Å². The highest BCUT2D eigenvalue weighted by atomic mass is 35.5. The van der Waals surface area contributed by atoms with Crippen LogP contribution in [0.25, 0.3) is 5.69 Å². The van der Waals surface area contributed by atoms with Gasteiger partial charge in [0.2, 0.25) is 5.91 Å². The van der Waals surface area contributed by atoms with Crippen molar-refractivity contribution in [2.75, 3.05) is 23.9 Å². The van der Waals surface area contributed by atoms with Crippen molar-refractivity contribution >= 4 is 57.8 Å². The molecular weight excluding hydrogens is 541 g/mol. The van der Waals surface area contributed by atoms with Crippen LogP contribution in [0.4, 0.5) is 11.4 Å². The molecule has 2 atom stereocenters. The molecule has 0 bridgehead atoms. The number of amides is 1. The lowest BCUT2D eigenvalue weighted by Crippen LogP contribution is -2.30. The van der Waals surface area contributed by atoms with Gasteiger partial charge >= 0.3 is 0 Å². The van der Waals surface area contributed by atoms with Gasteiger partial charge in [-0.15, -0.1) is 0 Å². The van der Waals surface area contributed by atoms with Gasteiger partial charge in [-0.05, 0) is 85.4 Å². The molecule has 0 radical (unpaired) electrons. The largest absolute Gasteiger partial charge is 0.375 e. The van der Waals surface area contributed by atoms with E-state index in [-0.39, 0.29) is 24.6 Å². The van der Waals surface area contributed by atoms with Crippen LogP contribution in [-0.4, -0.2) is 34.3 Å². The fraction of sp³-hybridized carbons (Fsp3) is 0.179. The number of halogens is 2. The fourth-order valence-corrected chi connectivity index (χ4v) is 5.34. The van der Waals surface area contributed by atoms with Crippen LogP contribution in [0.3, 0.4) is 0 Å². The van der Waals surface area contributed by atoms with Gasteiger partial charge in [-0.3, -0.25) is 9.78 Å². The maximum absolute atomic E-state index is 12.0. The average Bonchev–Trinajstić information content (AvgIpc) is 3.52. The minimum atomic E-state index is -0.287. The summed E-state index contributed by atoms with van der Waals surface area (Å²) in [5.41, 5.74) is 5.10. The molecule has 2 unspecified atom stereocenters. The van der Waals surface area contributed by atoms with Crippen LogP contribution in [0.1, 0.15) is 29.0 Å². The second-order valence-corrected chi connectivity index (χ2v) is 10.1. The van der Waals surface area contributed by atoms with Crippen LogP contribution in [0.15, 0.2) is 79.1 Å². The first kappa shape index (κ1) is 26.2. The Labute approximate surface area is 236 Å². The van der Waals surface area contributed by atoms with E-state index < -0.39 is 0 Å². The number of pyridine rings is 1.